The van der Waals surface area contributed by atoms with Crippen LogP contribution in [0.15, 0.2) is 18.2 Å². The van der Waals surface area contributed by atoms with E-state index in [-0.39, 0.29) is 5.91 Å². The van der Waals surface area contributed by atoms with Crippen LogP contribution in [0.25, 0.3) is 0 Å². The Bertz CT molecular complexity index is 416. The molecule has 0 saturated heterocycles. The molecular weight excluding hydrogens is 228 g/mol. The third-order valence-electron chi connectivity index (χ3n) is 3.03. The van der Waals surface area contributed by atoms with Crippen LogP contribution < -0.4 is 15.4 Å². The topological polar surface area (TPSA) is 50.4 Å². The molecule has 1 unspecified atom stereocenters. The fourth-order valence-electron chi connectivity index (χ4n) is 1.90. The normalized spacial score (nSPS) is 12.3. The fourth-order valence-corrected chi connectivity index (χ4v) is 1.90. The summed E-state index contributed by atoms with van der Waals surface area (Å²) in [7, 11) is 5.01. The highest BCUT2D eigenvalue weighted by atomic mass is 16.5. The SMILES string of the molecule is CNC(=O)C(NC)c1ccc(C(C)C)cc1OC. The van der Waals surface area contributed by atoms with Crippen LogP contribution in [0.4, 0.5) is 0 Å². The predicted octanol–water partition coefficient (Wildman–Crippen LogP) is 1.83. The quantitative estimate of drug-likeness (QED) is 0.838. The Morgan fingerprint density at radius 3 is 2.39 bits per heavy atom. The van der Waals surface area contributed by atoms with E-state index >= 15 is 0 Å². The molecule has 18 heavy (non-hydrogen) atoms. The van der Waals surface area contributed by atoms with Gasteiger partial charge in [0.1, 0.15) is 11.8 Å². The first kappa shape index (κ1) is 14.5. The van der Waals surface area contributed by atoms with Gasteiger partial charge in [0.05, 0.1) is 7.11 Å². The molecule has 1 aromatic rings. The molecule has 0 aliphatic carbocycles. The van der Waals surface area contributed by atoms with E-state index in [2.05, 4.69) is 24.5 Å². The standard InChI is InChI=1S/C14H22N2O2/c1-9(2)10-6-7-11(12(8-10)18-5)13(15-3)14(17)16-4/h6-9,13,15H,1-5H3,(H,16,17). The van der Waals surface area contributed by atoms with Gasteiger partial charge in [0, 0.05) is 12.6 Å². The molecule has 0 aliphatic rings. The highest BCUT2D eigenvalue weighted by Gasteiger charge is 2.21. The van der Waals surface area contributed by atoms with Crippen LogP contribution in [-0.4, -0.2) is 27.1 Å². The van der Waals surface area contributed by atoms with Crippen LogP contribution >= 0.6 is 0 Å². The Hall–Kier alpha value is -1.55. The van der Waals surface area contributed by atoms with Gasteiger partial charge in [0.25, 0.3) is 0 Å². The lowest BCUT2D eigenvalue weighted by Crippen LogP contribution is -2.34. The molecule has 0 heterocycles. The molecule has 0 bridgehead atoms. The van der Waals surface area contributed by atoms with E-state index in [1.54, 1.807) is 21.2 Å². The van der Waals surface area contributed by atoms with Crippen molar-refractivity contribution in [3.63, 3.8) is 0 Å². The monoisotopic (exact) mass is 250 g/mol. The second-order valence-corrected chi connectivity index (χ2v) is 4.49. The Balaban J connectivity index is 3.18. The van der Waals surface area contributed by atoms with E-state index in [1.807, 2.05) is 18.2 Å². The van der Waals surface area contributed by atoms with Gasteiger partial charge in [0.2, 0.25) is 5.91 Å². The number of methoxy groups -OCH3 is 1. The summed E-state index contributed by atoms with van der Waals surface area (Å²) in [4.78, 5) is 11.8. The zero-order chi connectivity index (χ0) is 13.7. The van der Waals surface area contributed by atoms with Crippen LogP contribution in [0, 0.1) is 0 Å². The molecule has 4 nitrogen and oxygen atoms in total. The highest BCUT2D eigenvalue weighted by molar-refractivity contribution is 5.83. The van der Waals surface area contributed by atoms with Crippen molar-refractivity contribution in [2.24, 2.45) is 0 Å². The van der Waals surface area contributed by atoms with Crippen molar-refractivity contribution >= 4 is 5.91 Å². The summed E-state index contributed by atoms with van der Waals surface area (Å²) in [5.74, 6) is 1.10. The highest BCUT2D eigenvalue weighted by Crippen LogP contribution is 2.29. The number of hydrogen-bond acceptors (Lipinski definition) is 3. The van der Waals surface area contributed by atoms with E-state index in [0.29, 0.717) is 5.92 Å². The fraction of sp³-hybridized carbons (Fsp3) is 0.500. The molecule has 1 aromatic carbocycles. The number of likely N-dealkylation sites (N-methyl/N-ethyl adjacent to an activating group) is 2. The van der Waals surface area contributed by atoms with E-state index in [1.165, 1.54) is 5.56 Å². The minimum Gasteiger partial charge on any atom is -0.496 e. The molecule has 0 aliphatic heterocycles. The Kier molecular flexibility index (Phi) is 5.16. The van der Waals surface area contributed by atoms with Gasteiger partial charge in [0.15, 0.2) is 0 Å². The van der Waals surface area contributed by atoms with Crippen molar-refractivity contribution in [1.29, 1.82) is 0 Å². The molecule has 0 saturated carbocycles. The molecule has 0 aromatic heterocycles. The number of carbonyl (C=O) groups is 1. The van der Waals surface area contributed by atoms with E-state index in [9.17, 15) is 4.79 Å². The molecule has 2 N–H and O–H groups in total. The van der Waals surface area contributed by atoms with Gasteiger partial charge in [-0.2, -0.15) is 0 Å². The van der Waals surface area contributed by atoms with Gasteiger partial charge in [-0.15, -0.1) is 0 Å². The summed E-state index contributed by atoms with van der Waals surface area (Å²) in [6.45, 7) is 4.26. The average Bonchev–Trinajstić information content (AvgIpc) is 2.39. The first-order valence-electron chi connectivity index (χ1n) is 6.11. The zero-order valence-corrected chi connectivity index (χ0v) is 11.7. The zero-order valence-electron chi connectivity index (χ0n) is 11.7. The van der Waals surface area contributed by atoms with Crippen molar-refractivity contribution in [3.8, 4) is 5.75 Å². The summed E-state index contributed by atoms with van der Waals surface area (Å²) in [5, 5.41) is 5.65. The lowest BCUT2D eigenvalue weighted by atomic mass is 9.97. The Morgan fingerprint density at radius 1 is 1.28 bits per heavy atom. The Morgan fingerprint density at radius 2 is 1.94 bits per heavy atom. The number of rotatable bonds is 5. The molecule has 1 rings (SSSR count). The van der Waals surface area contributed by atoms with E-state index in [4.69, 9.17) is 4.74 Å². The lowest BCUT2D eigenvalue weighted by Gasteiger charge is -2.19. The van der Waals surface area contributed by atoms with Crippen LogP contribution in [0.2, 0.25) is 0 Å². The third kappa shape index (κ3) is 3.01. The number of benzene rings is 1. The summed E-state index contributed by atoms with van der Waals surface area (Å²) in [6, 6.07) is 5.58. The maximum Gasteiger partial charge on any atom is 0.241 e. The maximum atomic E-state index is 11.8. The van der Waals surface area contributed by atoms with Crippen LogP contribution in [0.3, 0.4) is 0 Å². The van der Waals surface area contributed by atoms with Gasteiger partial charge >= 0.3 is 0 Å². The van der Waals surface area contributed by atoms with E-state index in [0.717, 1.165) is 11.3 Å². The second kappa shape index (κ2) is 6.40. The molecule has 1 amide bonds. The van der Waals surface area contributed by atoms with Crippen molar-refractivity contribution in [2.75, 3.05) is 21.2 Å². The van der Waals surface area contributed by atoms with E-state index < -0.39 is 6.04 Å². The number of ether oxygens (including phenoxy) is 1. The molecule has 4 heteroatoms. The Labute approximate surface area is 109 Å². The van der Waals surface area contributed by atoms with Gasteiger partial charge < -0.3 is 15.4 Å². The number of carbonyl (C=O) groups excluding carboxylic acids is 1. The van der Waals surface area contributed by atoms with Crippen molar-refractivity contribution < 1.29 is 9.53 Å². The van der Waals surface area contributed by atoms with Crippen LogP contribution in [0.1, 0.15) is 36.9 Å². The minimum absolute atomic E-state index is 0.0758. The molecule has 1 atom stereocenters. The molecule has 0 radical (unpaired) electrons. The number of hydrogen-bond donors (Lipinski definition) is 2. The largest absolute Gasteiger partial charge is 0.496 e. The van der Waals surface area contributed by atoms with Gasteiger partial charge in [-0.1, -0.05) is 26.0 Å². The molecule has 0 fully saturated rings. The average molecular weight is 250 g/mol. The first-order chi connectivity index (χ1) is 8.54. The van der Waals surface area contributed by atoms with Gasteiger partial charge in [-0.05, 0) is 24.6 Å². The predicted molar refractivity (Wildman–Crippen MR) is 73.0 cm³/mol. The molecule has 0 spiro atoms. The number of nitrogens with one attached hydrogen (secondary N) is 2. The first-order valence-corrected chi connectivity index (χ1v) is 6.11. The lowest BCUT2D eigenvalue weighted by molar-refractivity contribution is -0.122. The van der Waals surface area contributed by atoms with Crippen molar-refractivity contribution in [2.45, 2.75) is 25.8 Å². The maximum absolute atomic E-state index is 11.8. The van der Waals surface area contributed by atoms with Crippen molar-refractivity contribution in [1.82, 2.24) is 10.6 Å². The van der Waals surface area contributed by atoms with Gasteiger partial charge in [-0.3, -0.25) is 4.79 Å². The van der Waals surface area contributed by atoms with Crippen LogP contribution in [-0.2, 0) is 4.79 Å². The summed E-state index contributed by atoms with van der Waals surface area (Å²) in [6.07, 6.45) is 0. The van der Waals surface area contributed by atoms with Crippen molar-refractivity contribution in [3.05, 3.63) is 29.3 Å². The van der Waals surface area contributed by atoms with Gasteiger partial charge in [-0.25, -0.2) is 0 Å². The number of amides is 1. The summed E-state index contributed by atoms with van der Waals surface area (Å²) >= 11 is 0. The molecule has 100 valence electrons. The molecular formula is C14H22N2O2. The third-order valence-corrected chi connectivity index (χ3v) is 3.03. The second-order valence-electron chi connectivity index (χ2n) is 4.49. The smallest absolute Gasteiger partial charge is 0.241 e. The minimum atomic E-state index is -0.397. The van der Waals surface area contributed by atoms with Crippen LogP contribution in [0.5, 0.6) is 5.75 Å². The summed E-state index contributed by atoms with van der Waals surface area (Å²) in [5.41, 5.74) is 2.05. The summed E-state index contributed by atoms with van der Waals surface area (Å²) < 4.78 is 5.39.